The molecule has 5 nitrogen and oxygen atoms in total. The third-order valence-corrected chi connectivity index (χ3v) is 5.10. The zero-order valence-electron chi connectivity index (χ0n) is 14.9. The molecular formula is C22H15ClN2O3. The van der Waals surface area contributed by atoms with Gasteiger partial charge < -0.3 is 10.2 Å². The Morgan fingerprint density at radius 2 is 1.82 bits per heavy atom. The van der Waals surface area contributed by atoms with Crippen molar-refractivity contribution in [2.24, 2.45) is 0 Å². The molecule has 0 saturated carbocycles. The lowest BCUT2D eigenvalue weighted by Crippen LogP contribution is -2.16. The van der Waals surface area contributed by atoms with E-state index in [4.69, 9.17) is 11.6 Å². The summed E-state index contributed by atoms with van der Waals surface area (Å²) in [6.45, 7) is 1.95. The third-order valence-electron chi connectivity index (χ3n) is 4.83. The summed E-state index contributed by atoms with van der Waals surface area (Å²) in [7, 11) is 0. The van der Waals surface area contributed by atoms with Gasteiger partial charge in [0.1, 0.15) is 22.5 Å². The molecule has 0 aliphatic heterocycles. The molecule has 0 saturated heterocycles. The zero-order valence-corrected chi connectivity index (χ0v) is 15.7. The van der Waals surface area contributed by atoms with Crippen LogP contribution < -0.4 is 0 Å². The Balaban J connectivity index is 1.83. The number of nitrogens with zero attached hydrogens (tertiary/aromatic N) is 2. The van der Waals surface area contributed by atoms with Gasteiger partial charge in [-0.25, -0.2) is 0 Å². The summed E-state index contributed by atoms with van der Waals surface area (Å²) in [5.74, 6) is -0.597. The quantitative estimate of drug-likeness (QED) is 0.662. The number of halogens is 1. The van der Waals surface area contributed by atoms with Crippen LogP contribution in [0.4, 0.5) is 0 Å². The minimum atomic E-state index is -0.424. The lowest BCUT2D eigenvalue weighted by Gasteiger charge is -2.16. The first kappa shape index (κ1) is 17.9. The fourth-order valence-corrected chi connectivity index (χ4v) is 3.78. The average Bonchev–Trinajstić information content (AvgIpc) is 3.00. The van der Waals surface area contributed by atoms with Gasteiger partial charge in [-0.3, -0.25) is 9.36 Å². The van der Waals surface area contributed by atoms with Gasteiger partial charge in [-0.05, 0) is 48.4 Å². The van der Waals surface area contributed by atoms with Gasteiger partial charge in [0.15, 0.2) is 11.5 Å². The number of allylic oxidation sites excluding steroid dienone is 1. The lowest BCUT2D eigenvalue weighted by molar-refractivity contribution is -0.114. The van der Waals surface area contributed by atoms with Crippen molar-refractivity contribution >= 4 is 23.1 Å². The summed E-state index contributed by atoms with van der Waals surface area (Å²) in [6, 6.07) is 16.1. The Bertz CT molecular complexity index is 1200. The molecule has 2 N–H and O–H groups in total. The molecule has 6 heteroatoms. The molecule has 1 aromatic heterocycles. The number of aliphatic hydroxyl groups excluding tert-OH is 1. The smallest absolute Gasteiger partial charge is 0.181 e. The Morgan fingerprint density at radius 3 is 2.50 bits per heavy atom. The van der Waals surface area contributed by atoms with E-state index in [1.807, 2.05) is 31.2 Å². The standard InChI is InChI=1S/C22H15ClN2O3/c1-12-2-7-18(26)16(8-12)13-3-5-15(6-4-13)25-20(23)10-14-9-19(27)17(11-24)22(28)21(14)25/h2-8,10,26,28H,9H2,1H3. The number of phenols is 1. The van der Waals surface area contributed by atoms with Crippen LogP contribution in [0.5, 0.6) is 5.75 Å². The summed E-state index contributed by atoms with van der Waals surface area (Å²) < 4.78 is 1.61. The first-order valence-corrected chi connectivity index (χ1v) is 8.96. The molecule has 28 heavy (non-hydrogen) atoms. The second-order valence-electron chi connectivity index (χ2n) is 6.68. The number of hydrogen-bond donors (Lipinski definition) is 2. The van der Waals surface area contributed by atoms with E-state index >= 15 is 0 Å². The average molecular weight is 391 g/mol. The minimum Gasteiger partial charge on any atom is -0.507 e. The normalized spacial score (nSPS) is 13.4. The van der Waals surface area contributed by atoms with Crippen LogP contribution in [0.2, 0.25) is 5.15 Å². The fourth-order valence-electron chi connectivity index (χ4n) is 3.47. The molecule has 1 aliphatic rings. The van der Waals surface area contributed by atoms with E-state index in [1.165, 1.54) is 0 Å². The van der Waals surface area contributed by atoms with E-state index in [0.29, 0.717) is 27.7 Å². The maximum atomic E-state index is 12.0. The van der Waals surface area contributed by atoms with Crippen LogP contribution in [-0.4, -0.2) is 20.6 Å². The first-order valence-electron chi connectivity index (χ1n) is 8.58. The number of fused-ring (bicyclic) bond motifs is 1. The number of ketones is 1. The molecule has 138 valence electrons. The highest BCUT2D eigenvalue weighted by atomic mass is 35.5. The molecule has 0 bridgehead atoms. The van der Waals surface area contributed by atoms with Crippen LogP contribution in [0.1, 0.15) is 16.8 Å². The minimum absolute atomic E-state index is 0.0181. The fraction of sp³-hybridized carbons (Fsp3) is 0.0909. The highest BCUT2D eigenvalue weighted by Crippen LogP contribution is 2.36. The molecule has 0 atom stereocenters. The van der Waals surface area contributed by atoms with Gasteiger partial charge in [0.05, 0.1) is 5.69 Å². The number of benzene rings is 2. The van der Waals surface area contributed by atoms with Crippen LogP contribution in [0, 0.1) is 18.3 Å². The number of aryl methyl sites for hydroxylation is 1. The molecular weight excluding hydrogens is 376 g/mol. The van der Waals surface area contributed by atoms with Crippen molar-refractivity contribution in [2.75, 3.05) is 0 Å². The Labute approximate surface area is 166 Å². The van der Waals surface area contributed by atoms with Crippen LogP contribution in [0.3, 0.4) is 0 Å². The number of aromatic hydroxyl groups is 1. The first-order chi connectivity index (χ1) is 13.4. The maximum absolute atomic E-state index is 12.0. The second kappa shape index (κ2) is 6.59. The van der Waals surface area contributed by atoms with Crippen molar-refractivity contribution < 1.29 is 15.0 Å². The van der Waals surface area contributed by atoms with Gasteiger partial charge in [0.25, 0.3) is 0 Å². The summed E-state index contributed by atoms with van der Waals surface area (Å²) in [5, 5.41) is 30.1. The van der Waals surface area contributed by atoms with Crippen LogP contribution in [0.15, 0.2) is 54.1 Å². The molecule has 0 radical (unpaired) electrons. The number of Topliss-reactive ketones (excluding diaryl/α,β-unsaturated/α-hetero) is 1. The molecule has 0 unspecified atom stereocenters. The maximum Gasteiger partial charge on any atom is 0.181 e. The second-order valence-corrected chi connectivity index (χ2v) is 7.07. The van der Waals surface area contributed by atoms with E-state index < -0.39 is 5.78 Å². The number of rotatable bonds is 2. The Kier molecular flexibility index (Phi) is 4.21. The van der Waals surface area contributed by atoms with Gasteiger partial charge in [-0.15, -0.1) is 0 Å². The van der Waals surface area contributed by atoms with E-state index in [0.717, 1.165) is 11.1 Å². The highest BCUT2D eigenvalue weighted by molar-refractivity contribution is 6.30. The summed E-state index contributed by atoms with van der Waals surface area (Å²) in [6.07, 6.45) is 0.0181. The predicted octanol–water partition coefficient (Wildman–Crippen LogP) is 4.73. The van der Waals surface area contributed by atoms with Crippen molar-refractivity contribution in [2.45, 2.75) is 13.3 Å². The molecule has 4 rings (SSSR count). The summed E-state index contributed by atoms with van der Waals surface area (Å²) in [4.78, 5) is 12.0. The molecule has 0 fully saturated rings. The van der Waals surface area contributed by atoms with E-state index in [9.17, 15) is 20.3 Å². The molecule has 1 aliphatic carbocycles. The summed E-state index contributed by atoms with van der Waals surface area (Å²) >= 11 is 6.37. The van der Waals surface area contributed by atoms with Gasteiger partial charge >= 0.3 is 0 Å². The topological polar surface area (TPSA) is 86.2 Å². The third kappa shape index (κ3) is 2.75. The number of carbonyl (C=O) groups is 1. The van der Waals surface area contributed by atoms with Gasteiger partial charge in [0.2, 0.25) is 0 Å². The number of aliphatic hydroxyl groups is 1. The zero-order chi connectivity index (χ0) is 20.0. The van der Waals surface area contributed by atoms with E-state index in [1.54, 1.807) is 34.9 Å². The molecule has 1 heterocycles. The van der Waals surface area contributed by atoms with E-state index in [-0.39, 0.29) is 23.5 Å². The highest BCUT2D eigenvalue weighted by Gasteiger charge is 2.30. The Hall–Kier alpha value is -3.49. The Morgan fingerprint density at radius 1 is 1.11 bits per heavy atom. The number of aromatic nitrogens is 1. The number of phenolic OH excluding ortho intramolecular Hbond substituents is 1. The van der Waals surface area contributed by atoms with Crippen LogP contribution in [-0.2, 0) is 11.2 Å². The molecule has 3 aromatic rings. The van der Waals surface area contributed by atoms with Crippen molar-refractivity contribution in [3.8, 4) is 28.6 Å². The molecule has 0 spiro atoms. The number of hydrogen-bond acceptors (Lipinski definition) is 4. The van der Waals surface area contributed by atoms with Crippen molar-refractivity contribution in [3.63, 3.8) is 0 Å². The van der Waals surface area contributed by atoms with Gasteiger partial charge in [0, 0.05) is 17.7 Å². The monoisotopic (exact) mass is 390 g/mol. The van der Waals surface area contributed by atoms with Crippen molar-refractivity contribution in [1.29, 1.82) is 5.26 Å². The largest absolute Gasteiger partial charge is 0.507 e. The van der Waals surface area contributed by atoms with Crippen molar-refractivity contribution in [1.82, 2.24) is 4.57 Å². The van der Waals surface area contributed by atoms with Gasteiger partial charge in [-0.1, -0.05) is 35.4 Å². The van der Waals surface area contributed by atoms with Crippen LogP contribution >= 0.6 is 11.6 Å². The number of nitriles is 1. The molecule has 2 aromatic carbocycles. The lowest BCUT2D eigenvalue weighted by atomic mass is 9.95. The van der Waals surface area contributed by atoms with Crippen LogP contribution in [0.25, 0.3) is 22.6 Å². The number of carbonyl (C=O) groups excluding carboxylic acids is 1. The molecule has 0 amide bonds. The SMILES string of the molecule is Cc1ccc(O)c(-c2ccc(-n3c(Cl)cc4c3C(O)=C(C#N)C(=O)C4)cc2)c1. The summed E-state index contributed by atoms with van der Waals surface area (Å²) in [5.41, 5.74) is 3.91. The van der Waals surface area contributed by atoms with Gasteiger partial charge in [-0.2, -0.15) is 5.26 Å². The van der Waals surface area contributed by atoms with E-state index in [2.05, 4.69) is 0 Å². The predicted molar refractivity (Wildman–Crippen MR) is 106 cm³/mol. The van der Waals surface area contributed by atoms with Crippen molar-refractivity contribution in [3.05, 3.63) is 76.1 Å².